The first-order valence-corrected chi connectivity index (χ1v) is 10.3. The van der Waals surface area contributed by atoms with Gasteiger partial charge in [-0.3, -0.25) is 4.79 Å². The van der Waals surface area contributed by atoms with Crippen molar-refractivity contribution in [1.29, 1.82) is 0 Å². The van der Waals surface area contributed by atoms with E-state index in [0.29, 0.717) is 65.3 Å². The van der Waals surface area contributed by atoms with Crippen LogP contribution >= 0.6 is 12.4 Å². The quantitative estimate of drug-likeness (QED) is 0.610. The zero-order valence-electron chi connectivity index (χ0n) is 15.3. The second-order valence-corrected chi connectivity index (χ2v) is 9.10. The Morgan fingerprint density at radius 1 is 0.923 bits per heavy atom. The van der Waals surface area contributed by atoms with E-state index in [1.807, 2.05) is 7.05 Å². The molecular weight excluding hydrogens is 382 g/mol. The van der Waals surface area contributed by atoms with E-state index in [4.69, 9.17) is 10.5 Å². The molecule has 26 heavy (non-hydrogen) atoms. The number of hydrogen-bond acceptors (Lipinski definition) is 6. The number of rotatable bonds is 3. The maximum absolute atomic E-state index is 12.8. The molecule has 3 heterocycles. The molecule has 0 radical (unpaired) electrons. The summed E-state index contributed by atoms with van der Waals surface area (Å²) in [5, 5.41) is 0. The first-order valence-electron chi connectivity index (χ1n) is 8.93. The van der Waals surface area contributed by atoms with Crippen LogP contribution in [-0.4, -0.2) is 111 Å². The standard InChI is InChI=1S/C15H29N5O4S.ClH/c1-17-4-8-19(9-5-17)25(22,23)20-10-6-18(7-11-20)14(21)15(16)2-12-24-13-3-15;/h2-13,16H2,1H3;1H. The van der Waals surface area contributed by atoms with Gasteiger partial charge in [0.1, 0.15) is 0 Å². The van der Waals surface area contributed by atoms with Gasteiger partial charge < -0.3 is 20.3 Å². The van der Waals surface area contributed by atoms with Gasteiger partial charge in [-0.15, -0.1) is 12.4 Å². The number of amides is 1. The largest absolute Gasteiger partial charge is 0.381 e. The number of likely N-dealkylation sites (N-methyl/N-ethyl adjacent to an activating group) is 1. The maximum atomic E-state index is 12.8. The first-order chi connectivity index (χ1) is 11.8. The SMILES string of the molecule is CN1CCN(S(=O)(=O)N2CCN(C(=O)C3(N)CCOCC3)CC2)CC1.Cl. The van der Waals surface area contributed by atoms with Crippen LogP contribution < -0.4 is 5.73 Å². The van der Waals surface area contributed by atoms with E-state index in [9.17, 15) is 13.2 Å². The topological polar surface area (TPSA) is 99.4 Å². The molecule has 152 valence electrons. The van der Waals surface area contributed by atoms with Gasteiger partial charge in [0.05, 0.1) is 5.54 Å². The van der Waals surface area contributed by atoms with Crippen molar-refractivity contribution >= 4 is 28.5 Å². The highest BCUT2D eigenvalue weighted by molar-refractivity contribution is 7.86. The highest BCUT2D eigenvalue weighted by Crippen LogP contribution is 2.22. The number of nitrogens with two attached hydrogens (primary N) is 1. The van der Waals surface area contributed by atoms with E-state index in [1.165, 1.54) is 4.31 Å². The average Bonchev–Trinajstić information content (AvgIpc) is 2.62. The highest BCUT2D eigenvalue weighted by atomic mass is 35.5. The van der Waals surface area contributed by atoms with Gasteiger partial charge in [-0.25, -0.2) is 0 Å². The van der Waals surface area contributed by atoms with Crippen molar-refractivity contribution < 1.29 is 17.9 Å². The second-order valence-electron chi connectivity index (χ2n) is 7.17. The van der Waals surface area contributed by atoms with Gasteiger partial charge in [-0.1, -0.05) is 0 Å². The minimum atomic E-state index is -3.45. The van der Waals surface area contributed by atoms with E-state index in [-0.39, 0.29) is 18.3 Å². The summed E-state index contributed by atoms with van der Waals surface area (Å²) in [7, 11) is -1.45. The Bertz CT molecular complexity index is 583. The minimum absolute atomic E-state index is 0. The third kappa shape index (κ3) is 4.49. The van der Waals surface area contributed by atoms with Crippen LogP contribution in [-0.2, 0) is 19.7 Å². The lowest BCUT2D eigenvalue weighted by Gasteiger charge is -2.42. The molecule has 3 saturated heterocycles. The summed E-state index contributed by atoms with van der Waals surface area (Å²) in [6, 6.07) is 0. The lowest BCUT2D eigenvalue weighted by atomic mass is 9.89. The predicted octanol–water partition coefficient (Wildman–Crippen LogP) is -1.45. The molecule has 0 aliphatic carbocycles. The molecule has 1 amide bonds. The normalized spacial score (nSPS) is 26.3. The molecule has 0 aromatic rings. The Balaban J connectivity index is 0.00000243. The van der Waals surface area contributed by atoms with Crippen LogP contribution in [0.25, 0.3) is 0 Å². The number of halogens is 1. The Hall–Kier alpha value is -0.490. The smallest absolute Gasteiger partial charge is 0.282 e. The van der Waals surface area contributed by atoms with Crippen LogP contribution in [0.1, 0.15) is 12.8 Å². The summed E-state index contributed by atoms with van der Waals surface area (Å²) < 4.78 is 33.9. The third-order valence-electron chi connectivity index (χ3n) is 5.45. The number of piperazine rings is 2. The monoisotopic (exact) mass is 411 g/mol. The van der Waals surface area contributed by atoms with Crippen molar-refractivity contribution in [2.75, 3.05) is 72.6 Å². The molecule has 3 rings (SSSR count). The van der Waals surface area contributed by atoms with Gasteiger partial charge in [0.25, 0.3) is 10.2 Å². The van der Waals surface area contributed by atoms with Crippen molar-refractivity contribution in [2.45, 2.75) is 18.4 Å². The predicted molar refractivity (Wildman–Crippen MR) is 100 cm³/mol. The van der Waals surface area contributed by atoms with Crippen molar-refractivity contribution in [1.82, 2.24) is 18.4 Å². The van der Waals surface area contributed by atoms with Crippen molar-refractivity contribution in [3.05, 3.63) is 0 Å². The Labute approximate surface area is 162 Å². The van der Waals surface area contributed by atoms with Crippen LogP contribution in [0.5, 0.6) is 0 Å². The number of carbonyl (C=O) groups is 1. The summed E-state index contributed by atoms with van der Waals surface area (Å²) in [5.41, 5.74) is 5.40. The van der Waals surface area contributed by atoms with Gasteiger partial charge in [-0.2, -0.15) is 17.0 Å². The minimum Gasteiger partial charge on any atom is -0.381 e. The molecule has 3 fully saturated rings. The fraction of sp³-hybridized carbons (Fsp3) is 0.933. The summed E-state index contributed by atoms with van der Waals surface area (Å²) in [6.45, 7) is 4.97. The van der Waals surface area contributed by atoms with Crippen molar-refractivity contribution in [2.24, 2.45) is 5.73 Å². The molecule has 9 nitrogen and oxygen atoms in total. The molecule has 0 saturated carbocycles. The van der Waals surface area contributed by atoms with Crippen LogP contribution in [0, 0.1) is 0 Å². The lowest BCUT2D eigenvalue weighted by Crippen LogP contribution is -2.62. The molecule has 3 aliphatic heterocycles. The lowest BCUT2D eigenvalue weighted by molar-refractivity contribution is -0.141. The number of carbonyl (C=O) groups excluding carboxylic acids is 1. The molecule has 2 N–H and O–H groups in total. The van der Waals surface area contributed by atoms with E-state index in [2.05, 4.69) is 4.90 Å². The van der Waals surface area contributed by atoms with E-state index >= 15 is 0 Å². The number of nitrogens with zero attached hydrogens (tertiary/aromatic N) is 4. The first kappa shape index (κ1) is 21.8. The number of ether oxygens (including phenoxy) is 1. The fourth-order valence-electron chi connectivity index (χ4n) is 3.57. The molecule has 11 heteroatoms. The summed E-state index contributed by atoms with van der Waals surface area (Å²) in [6.07, 6.45) is 1.04. The van der Waals surface area contributed by atoms with Crippen molar-refractivity contribution in [3.8, 4) is 0 Å². The van der Waals surface area contributed by atoms with E-state index < -0.39 is 15.7 Å². The molecule has 0 spiro atoms. The van der Waals surface area contributed by atoms with Gasteiger partial charge >= 0.3 is 0 Å². The van der Waals surface area contributed by atoms with Crippen LogP contribution in [0.3, 0.4) is 0 Å². The van der Waals surface area contributed by atoms with Crippen LogP contribution in [0.4, 0.5) is 0 Å². The summed E-state index contributed by atoms with van der Waals surface area (Å²) >= 11 is 0. The zero-order valence-corrected chi connectivity index (χ0v) is 16.9. The molecular formula is C15H30ClN5O4S. The third-order valence-corrected chi connectivity index (χ3v) is 7.49. The van der Waals surface area contributed by atoms with Gasteiger partial charge in [-0.05, 0) is 19.9 Å². The molecule has 3 aliphatic rings. The number of hydrogen-bond donors (Lipinski definition) is 1. The van der Waals surface area contributed by atoms with Crippen LogP contribution in [0.15, 0.2) is 0 Å². The Morgan fingerprint density at radius 2 is 1.38 bits per heavy atom. The van der Waals surface area contributed by atoms with E-state index in [0.717, 1.165) is 13.1 Å². The zero-order chi connectivity index (χ0) is 18.1. The van der Waals surface area contributed by atoms with Gasteiger partial charge in [0.2, 0.25) is 5.91 Å². The Kier molecular flexibility index (Phi) is 7.28. The van der Waals surface area contributed by atoms with Gasteiger partial charge in [0, 0.05) is 65.6 Å². The maximum Gasteiger partial charge on any atom is 0.282 e. The second kappa shape index (κ2) is 8.68. The summed E-state index contributed by atoms with van der Waals surface area (Å²) in [4.78, 5) is 16.6. The molecule has 0 aromatic carbocycles. The van der Waals surface area contributed by atoms with E-state index in [1.54, 1.807) is 9.21 Å². The van der Waals surface area contributed by atoms with Crippen molar-refractivity contribution in [3.63, 3.8) is 0 Å². The molecule has 0 aromatic heterocycles. The fourth-order valence-corrected chi connectivity index (χ4v) is 5.14. The molecule has 0 atom stereocenters. The van der Waals surface area contributed by atoms with Crippen LogP contribution in [0.2, 0.25) is 0 Å². The molecule has 0 bridgehead atoms. The van der Waals surface area contributed by atoms with Gasteiger partial charge in [0.15, 0.2) is 0 Å². The Morgan fingerprint density at radius 3 is 1.88 bits per heavy atom. The summed E-state index contributed by atoms with van der Waals surface area (Å²) in [5.74, 6) is -0.0764. The highest BCUT2D eigenvalue weighted by Gasteiger charge is 2.41. The average molecular weight is 412 g/mol. The molecule has 0 unspecified atom stereocenters.